The van der Waals surface area contributed by atoms with Crippen LogP contribution in [0.25, 0.3) is 0 Å². The van der Waals surface area contributed by atoms with Crippen molar-refractivity contribution in [3.63, 3.8) is 0 Å². The van der Waals surface area contributed by atoms with E-state index in [0.29, 0.717) is 17.2 Å². The lowest BCUT2D eigenvalue weighted by atomic mass is 10.3. The molecule has 1 heterocycles. The van der Waals surface area contributed by atoms with E-state index in [1.165, 1.54) is 20.4 Å². The number of anilines is 1. The normalized spacial score (nSPS) is 9.87. The number of benzene rings is 1. The topological polar surface area (TPSA) is 91.8 Å². The molecule has 2 rings (SSSR count). The zero-order valence-corrected chi connectivity index (χ0v) is 13.0. The van der Waals surface area contributed by atoms with Gasteiger partial charge in [-0.25, -0.2) is 4.98 Å². The Balaban J connectivity index is 1.96. The molecule has 0 unspecified atom stereocenters. The molecule has 1 aromatic carbocycles. The van der Waals surface area contributed by atoms with E-state index in [1.54, 1.807) is 31.4 Å². The van der Waals surface area contributed by atoms with Gasteiger partial charge in [-0.15, -0.1) is 0 Å². The molecule has 0 aliphatic heterocycles. The fourth-order valence-electron chi connectivity index (χ4n) is 1.72. The predicted octanol–water partition coefficient (Wildman–Crippen LogP) is 1.52. The number of carbonyl (C=O) groups is 1. The van der Waals surface area contributed by atoms with Crippen LogP contribution in [0.5, 0.6) is 23.4 Å². The van der Waals surface area contributed by atoms with E-state index in [-0.39, 0.29) is 24.4 Å². The van der Waals surface area contributed by atoms with Gasteiger partial charge in [-0.2, -0.15) is 4.98 Å². The van der Waals surface area contributed by atoms with Crippen LogP contribution < -0.4 is 24.3 Å². The zero-order chi connectivity index (χ0) is 16.7. The molecule has 0 saturated carbocycles. The molecule has 8 heteroatoms. The van der Waals surface area contributed by atoms with Crippen LogP contribution in [-0.4, -0.2) is 43.8 Å². The van der Waals surface area contributed by atoms with Crippen molar-refractivity contribution in [1.82, 2.24) is 9.97 Å². The number of aromatic nitrogens is 2. The van der Waals surface area contributed by atoms with Crippen molar-refractivity contribution in [3.05, 3.63) is 30.5 Å². The molecule has 0 atom stereocenters. The first kappa shape index (κ1) is 16.3. The van der Waals surface area contributed by atoms with Crippen LogP contribution in [0, 0.1) is 0 Å². The van der Waals surface area contributed by atoms with Crippen molar-refractivity contribution in [1.29, 1.82) is 0 Å². The largest absolute Gasteiger partial charge is 0.497 e. The third-order valence-corrected chi connectivity index (χ3v) is 2.79. The molecule has 0 fully saturated rings. The van der Waals surface area contributed by atoms with Crippen molar-refractivity contribution >= 4 is 11.6 Å². The van der Waals surface area contributed by atoms with E-state index < -0.39 is 0 Å². The minimum Gasteiger partial charge on any atom is -0.497 e. The van der Waals surface area contributed by atoms with Crippen molar-refractivity contribution in [2.75, 3.05) is 33.3 Å². The molecular formula is C15H17N3O5. The molecule has 0 spiro atoms. The third kappa shape index (κ3) is 4.47. The summed E-state index contributed by atoms with van der Waals surface area (Å²) in [6, 6.07) is 7.11. The SMILES string of the molecule is COc1cccc(OCC(=O)Nc2cnc(OC)nc2OC)c1. The lowest BCUT2D eigenvalue weighted by Gasteiger charge is -2.10. The summed E-state index contributed by atoms with van der Waals surface area (Å²) < 4.78 is 20.5. The zero-order valence-electron chi connectivity index (χ0n) is 13.0. The van der Waals surface area contributed by atoms with Crippen LogP contribution in [0.3, 0.4) is 0 Å². The van der Waals surface area contributed by atoms with Crippen LogP contribution in [0.4, 0.5) is 5.69 Å². The lowest BCUT2D eigenvalue weighted by molar-refractivity contribution is -0.118. The van der Waals surface area contributed by atoms with Gasteiger partial charge in [0.05, 0.1) is 27.5 Å². The van der Waals surface area contributed by atoms with Gasteiger partial charge in [0.1, 0.15) is 17.2 Å². The molecule has 2 aromatic rings. The Kier molecular flexibility index (Phi) is 5.56. The molecule has 1 N–H and O–H groups in total. The monoisotopic (exact) mass is 319 g/mol. The highest BCUT2D eigenvalue weighted by atomic mass is 16.5. The summed E-state index contributed by atoms with van der Waals surface area (Å²) in [6.45, 7) is -0.178. The fraction of sp³-hybridized carbons (Fsp3) is 0.267. The van der Waals surface area contributed by atoms with E-state index in [0.717, 1.165) is 0 Å². The molecule has 122 valence electrons. The first-order valence-electron chi connectivity index (χ1n) is 6.68. The summed E-state index contributed by atoms with van der Waals surface area (Å²) in [5.41, 5.74) is 0.326. The second-order valence-corrected chi connectivity index (χ2v) is 4.30. The molecule has 8 nitrogen and oxygen atoms in total. The molecule has 0 saturated heterocycles. The van der Waals surface area contributed by atoms with Gasteiger partial charge < -0.3 is 24.3 Å². The van der Waals surface area contributed by atoms with Crippen molar-refractivity contribution in [2.45, 2.75) is 0 Å². The molecule has 0 aliphatic rings. The van der Waals surface area contributed by atoms with Gasteiger partial charge in [0.25, 0.3) is 5.91 Å². The molecule has 0 bridgehead atoms. The van der Waals surface area contributed by atoms with Crippen molar-refractivity contribution in [3.8, 4) is 23.4 Å². The molecule has 0 aliphatic carbocycles. The van der Waals surface area contributed by atoms with Crippen LogP contribution in [-0.2, 0) is 4.79 Å². The number of hydrogen-bond acceptors (Lipinski definition) is 7. The second kappa shape index (κ2) is 7.83. The van der Waals surface area contributed by atoms with Gasteiger partial charge in [0.2, 0.25) is 5.88 Å². The Bertz CT molecular complexity index is 678. The van der Waals surface area contributed by atoms with Crippen LogP contribution >= 0.6 is 0 Å². The van der Waals surface area contributed by atoms with Gasteiger partial charge in [-0.05, 0) is 12.1 Å². The number of carbonyl (C=O) groups excluding carboxylic acids is 1. The van der Waals surface area contributed by atoms with Crippen molar-refractivity contribution < 1.29 is 23.7 Å². The summed E-state index contributed by atoms with van der Waals surface area (Å²) in [5.74, 6) is 0.997. The Morgan fingerprint density at radius 2 is 1.91 bits per heavy atom. The molecule has 1 amide bonds. The smallest absolute Gasteiger partial charge is 0.319 e. The number of nitrogens with one attached hydrogen (secondary N) is 1. The summed E-state index contributed by atoms with van der Waals surface area (Å²) in [7, 11) is 4.43. The standard InChI is InChI=1S/C15H17N3O5/c1-20-10-5-4-6-11(7-10)23-9-13(19)17-12-8-16-15(22-3)18-14(12)21-2/h4-8H,9H2,1-3H3,(H,17,19). The van der Waals surface area contributed by atoms with Gasteiger partial charge in [-0.1, -0.05) is 6.07 Å². The maximum absolute atomic E-state index is 12.0. The Hall–Kier alpha value is -3.03. The first-order valence-corrected chi connectivity index (χ1v) is 6.68. The number of methoxy groups -OCH3 is 3. The molecule has 23 heavy (non-hydrogen) atoms. The first-order chi connectivity index (χ1) is 11.2. The number of amides is 1. The quantitative estimate of drug-likeness (QED) is 0.827. The highest BCUT2D eigenvalue weighted by molar-refractivity contribution is 5.92. The Morgan fingerprint density at radius 3 is 2.61 bits per heavy atom. The maximum atomic E-state index is 12.0. The highest BCUT2D eigenvalue weighted by Gasteiger charge is 2.12. The average molecular weight is 319 g/mol. The van der Waals surface area contributed by atoms with E-state index in [1.807, 2.05) is 0 Å². The number of ether oxygens (including phenoxy) is 4. The summed E-state index contributed by atoms with van der Waals surface area (Å²) in [5, 5.41) is 2.61. The van der Waals surface area contributed by atoms with Crippen LogP contribution in [0.15, 0.2) is 30.5 Å². The number of rotatable bonds is 7. The van der Waals surface area contributed by atoms with Gasteiger partial charge in [0, 0.05) is 6.07 Å². The predicted molar refractivity (Wildman–Crippen MR) is 82.3 cm³/mol. The lowest BCUT2D eigenvalue weighted by Crippen LogP contribution is -2.21. The van der Waals surface area contributed by atoms with E-state index in [2.05, 4.69) is 15.3 Å². The Labute approximate surface area is 133 Å². The van der Waals surface area contributed by atoms with Crippen LogP contribution in [0.2, 0.25) is 0 Å². The van der Waals surface area contributed by atoms with E-state index in [9.17, 15) is 4.79 Å². The van der Waals surface area contributed by atoms with E-state index >= 15 is 0 Å². The summed E-state index contributed by atoms with van der Waals surface area (Å²) in [6.07, 6.45) is 1.40. The van der Waals surface area contributed by atoms with Crippen LogP contribution in [0.1, 0.15) is 0 Å². The third-order valence-electron chi connectivity index (χ3n) is 2.79. The maximum Gasteiger partial charge on any atom is 0.319 e. The van der Waals surface area contributed by atoms with Gasteiger partial charge >= 0.3 is 6.01 Å². The van der Waals surface area contributed by atoms with E-state index in [4.69, 9.17) is 18.9 Å². The molecule has 1 aromatic heterocycles. The minimum absolute atomic E-state index is 0.146. The summed E-state index contributed by atoms with van der Waals surface area (Å²) >= 11 is 0. The number of hydrogen-bond donors (Lipinski definition) is 1. The van der Waals surface area contributed by atoms with Gasteiger partial charge in [-0.3, -0.25) is 4.79 Å². The summed E-state index contributed by atoms with van der Waals surface area (Å²) in [4.78, 5) is 19.8. The second-order valence-electron chi connectivity index (χ2n) is 4.30. The Morgan fingerprint density at radius 1 is 1.13 bits per heavy atom. The molecular weight excluding hydrogens is 302 g/mol. The van der Waals surface area contributed by atoms with Gasteiger partial charge in [0.15, 0.2) is 6.61 Å². The highest BCUT2D eigenvalue weighted by Crippen LogP contribution is 2.22. The minimum atomic E-state index is -0.375. The average Bonchev–Trinajstić information content (AvgIpc) is 2.60. The molecule has 0 radical (unpaired) electrons. The number of nitrogens with zero attached hydrogens (tertiary/aromatic N) is 2. The van der Waals surface area contributed by atoms with Crippen molar-refractivity contribution in [2.24, 2.45) is 0 Å². The fourth-order valence-corrected chi connectivity index (χ4v) is 1.72.